The average molecular weight is 484 g/mol. The summed E-state index contributed by atoms with van der Waals surface area (Å²) in [6, 6.07) is 3.55. The molecule has 0 unspecified atom stereocenters. The average Bonchev–Trinajstić information content (AvgIpc) is 3.18. The van der Waals surface area contributed by atoms with Gasteiger partial charge in [-0.15, -0.1) is 0 Å². The summed E-state index contributed by atoms with van der Waals surface area (Å²) in [4.78, 5) is 40.2. The third-order valence-electron chi connectivity index (χ3n) is 5.38. The van der Waals surface area contributed by atoms with E-state index in [1.165, 1.54) is 39.0 Å². The quantitative estimate of drug-likeness (QED) is 0.363. The summed E-state index contributed by atoms with van der Waals surface area (Å²) in [6.45, 7) is 1.97. The van der Waals surface area contributed by atoms with E-state index in [1.807, 2.05) is 0 Å². The molecule has 1 amide bonds. The van der Waals surface area contributed by atoms with Gasteiger partial charge in [0, 0.05) is 34.6 Å². The van der Waals surface area contributed by atoms with Crippen LogP contribution in [0, 0.1) is 0 Å². The van der Waals surface area contributed by atoms with Crippen molar-refractivity contribution >= 4 is 29.2 Å². The number of imidazole rings is 1. The zero-order valence-electron chi connectivity index (χ0n) is 20.6. The Morgan fingerprint density at radius 3 is 2.29 bits per heavy atom. The topological polar surface area (TPSA) is 119 Å². The maximum absolute atomic E-state index is 12.6. The molecule has 0 aliphatic carbocycles. The van der Waals surface area contributed by atoms with Crippen LogP contribution in [0.25, 0.3) is 23.3 Å². The first-order chi connectivity index (χ1) is 16.7. The van der Waals surface area contributed by atoms with Gasteiger partial charge in [0.1, 0.15) is 5.82 Å². The molecule has 0 saturated carbocycles. The molecular weight excluding hydrogens is 454 g/mol. The first-order valence-electron chi connectivity index (χ1n) is 10.8. The van der Waals surface area contributed by atoms with E-state index in [0.29, 0.717) is 47.2 Å². The molecule has 0 bridgehead atoms. The summed E-state index contributed by atoms with van der Waals surface area (Å²) in [5.41, 5.74) is 0.538. The molecule has 11 nitrogen and oxygen atoms in total. The van der Waals surface area contributed by atoms with Crippen molar-refractivity contribution in [1.29, 1.82) is 0 Å². The Balaban J connectivity index is 1.90. The van der Waals surface area contributed by atoms with Gasteiger partial charge in [0.25, 0.3) is 5.56 Å². The number of amides is 1. The molecule has 3 aromatic rings. The fourth-order valence-corrected chi connectivity index (χ4v) is 3.48. The Kier molecular flexibility index (Phi) is 7.80. The molecule has 0 atom stereocenters. The number of aryl methyl sites for hydroxylation is 2. The van der Waals surface area contributed by atoms with Crippen LogP contribution in [0.1, 0.15) is 24.7 Å². The van der Waals surface area contributed by atoms with Crippen molar-refractivity contribution in [2.75, 3.05) is 20.8 Å². The van der Waals surface area contributed by atoms with Crippen molar-refractivity contribution in [3.8, 4) is 17.2 Å². The van der Waals surface area contributed by atoms with Crippen molar-refractivity contribution in [1.82, 2.24) is 24.0 Å². The van der Waals surface area contributed by atoms with Gasteiger partial charge >= 0.3 is 5.69 Å². The summed E-state index contributed by atoms with van der Waals surface area (Å²) < 4.78 is 20.7. The number of hydrogen-bond donors (Lipinski definition) is 1. The van der Waals surface area contributed by atoms with Crippen LogP contribution in [0.4, 0.5) is 0 Å². The van der Waals surface area contributed by atoms with Crippen LogP contribution in [0.5, 0.6) is 17.2 Å². The predicted octanol–water partition coefficient (Wildman–Crippen LogP) is 1.58. The monoisotopic (exact) mass is 483 g/mol. The lowest BCUT2D eigenvalue weighted by Crippen LogP contribution is -2.37. The lowest BCUT2D eigenvalue weighted by molar-refractivity contribution is -0.118. The van der Waals surface area contributed by atoms with Gasteiger partial charge in [-0.1, -0.05) is 6.08 Å². The van der Waals surface area contributed by atoms with Gasteiger partial charge in [-0.2, -0.15) is 0 Å². The first kappa shape index (κ1) is 25.3. The van der Waals surface area contributed by atoms with Crippen LogP contribution < -0.4 is 30.8 Å². The molecule has 11 heteroatoms. The number of methoxy groups -OCH3 is 2. The zero-order valence-corrected chi connectivity index (χ0v) is 20.6. The largest absolute Gasteiger partial charge is 0.493 e. The van der Waals surface area contributed by atoms with E-state index < -0.39 is 11.2 Å². The third kappa shape index (κ3) is 5.29. The molecule has 2 heterocycles. The van der Waals surface area contributed by atoms with E-state index in [2.05, 4.69) is 10.3 Å². The number of rotatable bonds is 9. The SMILES string of the molecule is COc1cc(C=Cc2nc3c(c(=O)n(C)c(=O)n3C)n2C)cc(OC)c1O/C=C/CCNC(C)=O. The Labute approximate surface area is 201 Å². The normalized spacial score (nSPS) is 11.5. The van der Waals surface area contributed by atoms with E-state index in [0.717, 1.165) is 10.1 Å². The summed E-state index contributed by atoms with van der Waals surface area (Å²) in [6.07, 6.45) is 7.44. The van der Waals surface area contributed by atoms with Crippen LogP contribution in [-0.2, 0) is 25.9 Å². The number of ether oxygens (including phenoxy) is 3. The van der Waals surface area contributed by atoms with Gasteiger partial charge in [0.05, 0.1) is 20.5 Å². The summed E-state index contributed by atoms with van der Waals surface area (Å²) in [5.74, 6) is 1.73. The minimum atomic E-state index is -0.439. The van der Waals surface area contributed by atoms with Crippen LogP contribution in [0.2, 0.25) is 0 Å². The van der Waals surface area contributed by atoms with Crippen LogP contribution in [-0.4, -0.2) is 45.4 Å². The highest BCUT2D eigenvalue weighted by Crippen LogP contribution is 2.39. The van der Waals surface area contributed by atoms with E-state index in [1.54, 1.807) is 49.0 Å². The molecule has 0 spiro atoms. The van der Waals surface area contributed by atoms with Gasteiger partial charge in [0.2, 0.25) is 11.7 Å². The fraction of sp³-hybridized carbons (Fsp3) is 0.333. The van der Waals surface area contributed by atoms with Gasteiger partial charge in [-0.05, 0) is 36.3 Å². The third-order valence-corrected chi connectivity index (χ3v) is 5.38. The second-order valence-electron chi connectivity index (χ2n) is 7.76. The molecular formula is C24H29N5O6. The smallest absolute Gasteiger partial charge is 0.332 e. The van der Waals surface area contributed by atoms with Crippen LogP contribution in [0.15, 0.2) is 34.1 Å². The van der Waals surface area contributed by atoms with E-state index in [-0.39, 0.29) is 5.91 Å². The van der Waals surface area contributed by atoms with E-state index in [4.69, 9.17) is 14.2 Å². The fourth-order valence-electron chi connectivity index (χ4n) is 3.48. The molecule has 186 valence electrons. The lowest BCUT2D eigenvalue weighted by Gasteiger charge is -2.13. The molecule has 0 aliphatic heterocycles. The summed E-state index contributed by atoms with van der Waals surface area (Å²) in [5, 5.41) is 2.70. The second-order valence-corrected chi connectivity index (χ2v) is 7.76. The number of nitrogens with zero attached hydrogens (tertiary/aromatic N) is 4. The minimum Gasteiger partial charge on any atom is -0.493 e. The molecule has 2 aromatic heterocycles. The second kappa shape index (κ2) is 10.8. The van der Waals surface area contributed by atoms with Crippen molar-refractivity contribution in [3.05, 3.63) is 56.7 Å². The maximum Gasteiger partial charge on any atom is 0.332 e. The Morgan fingerprint density at radius 1 is 1.03 bits per heavy atom. The lowest BCUT2D eigenvalue weighted by atomic mass is 10.1. The summed E-state index contributed by atoms with van der Waals surface area (Å²) in [7, 11) is 7.78. The standard InChI is InChI=1S/C24H29N5O6/c1-15(30)25-11-7-8-12-35-21-17(33-5)13-16(14-18(21)34-6)9-10-19-26-22-20(27(19)2)23(31)29(4)24(32)28(22)3/h8-10,12-14H,7,11H2,1-6H3,(H,25,30)/b10-9?,12-8+. The van der Waals surface area contributed by atoms with Crippen molar-refractivity contribution in [2.24, 2.45) is 21.1 Å². The Bertz CT molecular complexity index is 1400. The summed E-state index contributed by atoms with van der Waals surface area (Å²) >= 11 is 0. The number of carbonyl (C=O) groups excluding carboxylic acids is 1. The van der Waals surface area contributed by atoms with Crippen molar-refractivity contribution < 1.29 is 19.0 Å². The van der Waals surface area contributed by atoms with E-state index >= 15 is 0 Å². The van der Waals surface area contributed by atoms with Gasteiger partial charge in [-0.3, -0.25) is 18.7 Å². The number of fused-ring (bicyclic) bond motifs is 1. The zero-order chi connectivity index (χ0) is 25.7. The van der Waals surface area contributed by atoms with Crippen molar-refractivity contribution in [3.63, 3.8) is 0 Å². The van der Waals surface area contributed by atoms with E-state index in [9.17, 15) is 14.4 Å². The van der Waals surface area contributed by atoms with Gasteiger partial charge in [-0.25, -0.2) is 9.78 Å². The number of hydrogen-bond acceptors (Lipinski definition) is 7. The van der Waals surface area contributed by atoms with Gasteiger partial charge < -0.3 is 24.1 Å². The number of nitrogens with one attached hydrogen (secondary N) is 1. The van der Waals surface area contributed by atoms with Gasteiger partial charge in [0.15, 0.2) is 22.7 Å². The van der Waals surface area contributed by atoms with Crippen LogP contribution in [0.3, 0.4) is 0 Å². The predicted molar refractivity (Wildman–Crippen MR) is 133 cm³/mol. The number of benzene rings is 1. The molecule has 0 aliphatic rings. The highest BCUT2D eigenvalue weighted by Gasteiger charge is 2.16. The molecule has 0 saturated heterocycles. The first-order valence-corrected chi connectivity index (χ1v) is 10.8. The molecule has 0 fully saturated rings. The Hall–Kier alpha value is -4.28. The minimum absolute atomic E-state index is 0.0866. The Morgan fingerprint density at radius 2 is 1.69 bits per heavy atom. The molecule has 35 heavy (non-hydrogen) atoms. The molecule has 1 aromatic carbocycles. The highest BCUT2D eigenvalue weighted by molar-refractivity contribution is 5.77. The number of carbonyl (C=O) groups is 1. The molecule has 3 rings (SSSR count). The number of aromatic nitrogens is 4. The molecule has 1 N–H and O–H groups in total. The van der Waals surface area contributed by atoms with Crippen molar-refractivity contribution in [2.45, 2.75) is 13.3 Å². The molecule has 0 radical (unpaired) electrons. The van der Waals surface area contributed by atoms with Crippen LogP contribution >= 0.6 is 0 Å². The maximum atomic E-state index is 12.6. The highest BCUT2D eigenvalue weighted by atomic mass is 16.5.